The van der Waals surface area contributed by atoms with Gasteiger partial charge in [-0.05, 0) is 45.7 Å². The highest BCUT2D eigenvalue weighted by atomic mass is 16.6. The molecule has 6 heteroatoms. The molecule has 1 saturated carbocycles. The maximum atomic E-state index is 12.1. The number of fused-ring (bicyclic) bond motifs is 1. The Kier molecular flexibility index (Phi) is 4.64. The van der Waals surface area contributed by atoms with E-state index in [9.17, 15) is 4.79 Å². The van der Waals surface area contributed by atoms with Gasteiger partial charge < -0.3 is 24.5 Å². The lowest BCUT2D eigenvalue weighted by atomic mass is 9.68. The summed E-state index contributed by atoms with van der Waals surface area (Å²) in [5.74, 6) is 1.23. The van der Waals surface area contributed by atoms with Crippen molar-refractivity contribution in [1.29, 1.82) is 0 Å². The topological polar surface area (TPSA) is 72.7 Å². The van der Waals surface area contributed by atoms with E-state index in [1.807, 2.05) is 32.9 Å². The highest BCUT2D eigenvalue weighted by Gasteiger charge is 2.53. The molecule has 1 aromatic heterocycles. The lowest BCUT2D eigenvalue weighted by molar-refractivity contribution is -0.128. The molecular weight excluding hydrogens is 296 g/mol. The molecule has 2 N–H and O–H groups in total. The Hall–Kier alpha value is -1.53. The minimum atomic E-state index is -0.493. The van der Waals surface area contributed by atoms with E-state index in [1.54, 1.807) is 6.26 Å². The molecule has 0 bridgehead atoms. The Labute approximate surface area is 136 Å². The SMILES string of the molecule is CC(C)(C)OC(=O)NC1C2CCCOC2C1NCc1ccco1. The Morgan fingerprint density at radius 3 is 2.91 bits per heavy atom. The molecule has 1 aromatic rings. The third-order valence-corrected chi connectivity index (χ3v) is 4.39. The molecule has 1 saturated heterocycles. The molecule has 3 rings (SSSR count). The quantitative estimate of drug-likeness (QED) is 0.891. The fourth-order valence-corrected chi connectivity index (χ4v) is 3.42. The molecule has 0 radical (unpaired) electrons. The number of furan rings is 1. The van der Waals surface area contributed by atoms with Gasteiger partial charge in [0.15, 0.2) is 0 Å². The predicted octanol–water partition coefficient (Wildman–Crippen LogP) is 2.44. The normalized spacial score (nSPS) is 30.2. The van der Waals surface area contributed by atoms with E-state index in [4.69, 9.17) is 13.9 Å². The second kappa shape index (κ2) is 6.53. The third-order valence-electron chi connectivity index (χ3n) is 4.39. The van der Waals surface area contributed by atoms with Crippen LogP contribution in [0.25, 0.3) is 0 Å². The minimum absolute atomic E-state index is 0.0325. The standard InChI is InChI=1S/C17H26N2O4/c1-17(2,3)23-16(20)19-13-12-7-5-9-22-15(12)14(13)18-10-11-6-4-8-21-11/h4,6,8,12-15,18H,5,7,9-10H2,1-3H3,(H,19,20). The van der Waals surface area contributed by atoms with E-state index < -0.39 is 5.60 Å². The van der Waals surface area contributed by atoms with E-state index in [1.165, 1.54) is 0 Å². The number of nitrogens with one attached hydrogen (secondary N) is 2. The lowest BCUT2D eigenvalue weighted by Crippen LogP contribution is -2.73. The molecule has 6 nitrogen and oxygen atoms in total. The van der Waals surface area contributed by atoms with Crippen molar-refractivity contribution in [3.63, 3.8) is 0 Å². The van der Waals surface area contributed by atoms with Crippen molar-refractivity contribution < 1.29 is 18.7 Å². The van der Waals surface area contributed by atoms with Gasteiger partial charge in [0.2, 0.25) is 0 Å². The molecule has 2 heterocycles. The van der Waals surface area contributed by atoms with E-state index >= 15 is 0 Å². The maximum absolute atomic E-state index is 12.1. The van der Waals surface area contributed by atoms with Crippen molar-refractivity contribution in [1.82, 2.24) is 10.6 Å². The summed E-state index contributed by atoms with van der Waals surface area (Å²) in [7, 11) is 0. The Morgan fingerprint density at radius 1 is 1.39 bits per heavy atom. The third kappa shape index (κ3) is 3.87. The number of amides is 1. The van der Waals surface area contributed by atoms with E-state index in [0.29, 0.717) is 12.5 Å². The van der Waals surface area contributed by atoms with Crippen molar-refractivity contribution in [3.05, 3.63) is 24.2 Å². The second-order valence-electron chi connectivity index (χ2n) is 7.30. The van der Waals surface area contributed by atoms with Gasteiger partial charge in [0.1, 0.15) is 11.4 Å². The number of carbonyl (C=O) groups is 1. The summed E-state index contributed by atoms with van der Waals surface area (Å²) in [6, 6.07) is 3.91. The van der Waals surface area contributed by atoms with Crippen molar-refractivity contribution in [3.8, 4) is 0 Å². The van der Waals surface area contributed by atoms with Crippen molar-refractivity contribution in [2.45, 2.75) is 63.9 Å². The fourth-order valence-electron chi connectivity index (χ4n) is 3.42. The number of carbonyl (C=O) groups excluding carboxylic acids is 1. The fraction of sp³-hybridized carbons (Fsp3) is 0.706. The molecule has 1 amide bonds. The highest BCUT2D eigenvalue weighted by Crippen LogP contribution is 2.38. The molecule has 1 aliphatic heterocycles. The lowest BCUT2D eigenvalue weighted by Gasteiger charge is -2.54. The van der Waals surface area contributed by atoms with Gasteiger partial charge in [-0.15, -0.1) is 0 Å². The maximum Gasteiger partial charge on any atom is 0.407 e. The Bertz CT molecular complexity index is 523. The van der Waals surface area contributed by atoms with Gasteiger partial charge in [-0.1, -0.05) is 0 Å². The van der Waals surface area contributed by atoms with Crippen LogP contribution in [0.5, 0.6) is 0 Å². The minimum Gasteiger partial charge on any atom is -0.468 e. The molecule has 4 atom stereocenters. The zero-order valence-corrected chi connectivity index (χ0v) is 14.0. The molecule has 23 heavy (non-hydrogen) atoms. The molecule has 0 aromatic carbocycles. The number of rotatable bonds is 4. The summed E-state index contributed by atoms with van der Waals surface area (Å²) >= 11 is 0. The van der Waals surface area contributed by atoms with Crippen molar-refractivity contribution in [2.24, 2.45) is 5.92 Å². The first-order chi connectivity index (χ1) is 10.9. The number of hydrogen-bond acceptors (Lipinski definition) is 5. The molecule has 0 spiro atoms. The Morgan fingerprint density at radius 2 is 2.22 bits per heavy atom. The average Bonchev–Trinajstić information content (AvgIpc) is 2.97. The van der Waals surface area contributed by atoms with Gasteiger partial charge in [0.05, 0.1) is 31.0 Å². The zero-order valence-electron chi connectivity index (χ0n) is 14.0. The first-order valence-electron chi connectivity index (χ1n) is 8.31. The molecule has 1 aliphatic carbocycles. The Balaban J connectivity index is 1.59. The van der Waals surface area contributed by atoms with Crippen LogP contribution in [0.2, 0.25) is 0 Å². The zero-order chi connectivity index (χ0) is 16.4. The smallest absolute Gasteiger partial charge is 0.407 e. The summed E-state index contributed by atoms with van der Waals surface area (Å²) in [6.45, 7) is 7.02. The predicted molar refractivity (Wildman–Crippen MR) is 85.0 cm³/mol. The molecule has 2 aliphatic rings. The van der Waals surface area contributed by atoms with Gasteiger partial charge in [0.25, 0.3) is 0 Å². The summed E-state index contributed by atoms with van der Waals surface area (Å²) in [5.41, 5.74) is -0.493. The largest absolute Gasteiger partial charge is 0.468 e. The van der Waals surface area contributed by atoms with Crippen LogP contribution >= 0.6 is 0 Å². The summed E-state index contributed by atoms with van der Waals surface area (Å²) in [6.07, 6.45) is 3.56. The van der Waals surface area contributed by atoms with Crippen LogP contribution in [0.15, 0.2) is 22.8 Å². The summed E-state index contributed by atoms with van der Waals surface area (Å²) < 4.78 is 16.6. The van der Waals surface area contributed by atoms with Crippen molar-refractivity contribution in [2.75, 3.05) is 6.61 Å². The molecule has 128 valence electrons. The first-order valence-corrected chi connectivity index (χ1v) is 8.31. The van der Waals surface area contributed by atoms with Crippen LogP contribution in [0.1, 0.15) is 39.4 Å². The number of hydrogen-bond donors (Lipinski definition) is 2. The first kappa shape index (κ1) is 16.3. The molecule has 4 unspecified atom stereocenters. The van der Waals surface area contributed by atoms with Crippen LogP contribution < -0.4 is 10.6 Å². The van der Waals surface area contributed by atoms with Gasteiger partial charge in [0, 0.05) is 12.5 Å². The number of ether oxygens (including phenoxy) is 2. The van der Waals surface area contributed by atoms with Gasteiger partial charge in [-0.3, -0.25) is 0 Å². The van der Waals surface area contributed by atoms with Crippen LogP contribution in [0, 0.1) is 5.92 Å². The summed E-state index contributed by atoms with van der Waals surface area (Å²) in [5, 5.41) is 6.47. The van der Waals surface area contributed by atoms with Crippen LogP contribution in [0.4, 0.5) is 4.79 Å². The monoisotopic (exact) mass is 322 g/mol. The average molecular weight is 322 g/mol. The summed E-state index contributed by atoms with van der Waals surface area (Å²) in [4.78, 5) is 12.1. The van der Waals surface area contributed by atoms with Gasteiger partial charge in [-0.25, -0.2) is 4.79 Å². The van der Waals surface area contributed by atoms with Crippen molar-refractivity contribution >= 4 is 6.09 Å². The molecular formula is C17H26N2O4. The molecule has 2 fully saturated rings. The van der Waals surface area contributed by atoms with Crippen LogP contribution in [0.3, 0.4) is 0 Å². The highest BCUT2D eigenvalue weighted by molar-refractivity contribution is 5.68. The second-order valence-corrected chi connectivity index (χ2v) is 7.30. The van der Waals surface area contributed by atoms with Gasteiger partial charge in [-0.2, -0.15) is 0 Å². The van der Waals surface area contributed by atoms with Crippen LogP contribution in [-0.4, -0.2) is 36.5 Å². The van der Waals surface area contributed by atoms with E-state index in [-0.39, 0.29) is 24.3 Å². The van der Waals surface area contributed by atoms with E-state index in [0.717, 1.165) is 25.2 Å². The number of alkyl carbamates (subject to hydrolysis) is 1. The van der Waals surface area contributed by atoms with E-state index in [2.05, 4.69) is 10.6 Å². The van der Waals surface area contributed by atoms with Gasteiger partial charge >= 0.3 is 6.09 Å². The van der Waals surface area contributed by atoms with Crippen LogP contribution in [-0.2, 0) is 16.0 Å².